The monoisotopic (exact) mass is 274 g/mol. The van der Waals surface area contributed by atoms with Gasteiger partial charge < -0.3 is 5.11 Å². The summed E-state index contributed by atoms with van der Waals surface area (Å²) in [6.07, 6.45) is 6.02. The van der Waals surface area contributed by atoms with Gasteiger partial charge in [-0.3, -0.25) is 0 Å². The van der Waals surface area contributed by atoms with Gasteiger partial charge in [-0.05, 0) is 42.2 Å². The molecule has 1 N–H and O–H groups in total. The number of thiophene rings is 1. The fraction of sp³-hybridized carbons (Fsp3) is 0.529. The van der Waals surface area contributed by atoms with Crippen molar-refractivity contribution in [2.75, 3.05) is 0 Å². The van der Waals surface area contributed by atoms with E-state index in [1.807, 2.05) is 0 Å². The van der Waals surface area contributed by atoms with Gasteiger partial charge in [-0.15, -0.1) is 11.3 Å². The third kappa shape index (κ3) is 2.70. The van der Waals surface area contributed by atoms with Gasteiger partial charge in [0.1, 0.15) is 0 Å². The molecule has 1 heterocycles. The summed E-state index contributed by atoms with van der Waals surface area (Å²) in [6.45, 7) is 2.28. The van der Waals surface area contributed by atoms with Crippen LogP contribution in [0.4, 0.5) is 0 Å². The molecule has 1 fully saturated rings. The number of benzene rings is 1. The molecule has 1 saturated carbocycles. The second-order valence-electron chi connectivity index (χ2n) is 5.83. The topological polar surface area (TPSA) is 20.2 Å². The number of hydrogen-bond donors (Lipinski definition) is 1. The summed E-state index contributed by atoms with van der Waals surface area (Å²) in [5, 5.41) is 11.9. The number of hydrogen-bond acceptors (Lipinski definition) is 2. The van der Waals surface area contributed by atoms with Crippen molar-refractivity contribution in [2.24, 2.45) is 11.8 Å². The third-order valence-electron chi connectivity index (χ3n) is 4.58. The Kier molecular flexibility index (Phi) is 3.90. The first-order chi connectivity index (χ1) is 9.28. The highest BCUT2D eigenvalue weighted by molar-refractivity contribution is 7.19. The second-order valence-corrected chi connectivity index (χ2v) is 6.95. The van der Waals surface area contributed by atoms with Gasteiger partial charge in [0.25, 0.3) is 0 Å². The summed E-state index contributed by atoms with van der Waals surface area (Å²) in [5.41, 5.74) is 0. The fourth-order valence-electron chi connectivity index (χ4n) is 3.37. The van der Waals surface area contributed by atoms with Crippen LogP contribution in [-0.4, -0.2) is 5.11 Å². The Hall–Kier alpha value is -0.860. The van der Waals surface area contributed by atoms with Crippen LogP contribution in [0.2, 0.25) is 0 Å². The highest BCUT2D eigenvalue weighted by atomic mass is 32.1. The first-order valence-corrected chi connectivity index (χ1v) is 8.26. The zero-order chi connectivity index (χ0) is 13.2. The van der Waals surface area contributed by atoms with Crippen molar-refractivity contribution in [1.29, 1.82) is 0 Å². The van der Waals surface area contributed by atoms with Gasteiger partial charge >= 0.3 is 0 Å². The molecule has 3 rings (SSSR count). The van der Waals surface area contributed by atoms with E-state index in [1.54, 1.807) is 11.3 Å². The van der Waals surface area contributed by atoms with E-state index in [1.165, 1.54) is 42.2 Å². The molecule has 0 spiro atoms. The third-order valence-corrected chi connectivity index (χ3v) is 5.77. The van der Waals surface area contributed by atoms with E-state index in [0.717, 1.165) is 10.8 Å². The number of aliphatic hydroxyl groups is 1. The van der Waals surface area contributed by atoms with Gasteiger partial charge in [0.15, 0.2) is 0 Å². The van der Waals surface area contributed by atoms with Gasteiger partial charge in [-0.2, -0.15) is 0 Å². The number of aliphatic hydroxyl groups excluding tert-OH is 1. The van der Waals surface area contributed by atoms with Crippen LogP contribution >= 0.6 is 11.3 Å². The Balaban J connectivity index is 1.80. The highest BCUT2D eigenvalue weighted by Gasteiger charge is 2.28. The van der Waals surface area contributed by atoms with Crippen LogP contribution in [0.25, 0.3) is 10.1 Å². The van der Waals surface area contributed by atoms with Crippen LogP contribution < -0.4 is 0 Å². The van der Waals surface area contributed by atoms with Crippen molar-refractivity contribution in [1.82, 2.24) is 0 Å². The molecular formula is C17H22OS. The van der Waals surface area contributed by atoms with E-state index in [4.69, 9.17) is 0 Å². The molecule has 3 atom stereocenters. The zero-order valence-corrected chi connectivity index (χ0v) is 12.3. The summed E-state index contributed by atoms with van der Waals surface area (Å²) in [7, 11) is 0. The maximum absolute atomic E-state index is 10.7. The minimum absolute atomic E-state index is 0.258. The Labute approximate surface area is 119 Å². The van der Waals surface area contributed by atoms with Gasteiger partial charge in [0, 0.05) is 9.58 Å². The molecular weight excluding hydrogens is 252 g/mol. The molecule has 2 aromatic rings. The highest BCUT2D eigenvalue weighted by Crippen LogP contribution is 2.41. The molecule has 1 nitrogen and oxygen atoms in total. The molecule has 0 bridgehead atoms. The lowest BCUT2D eigenvalue weighted by atomic mass is 9.77. The van der Waals surface area contributed by atoms with Crippen LogP contribution in [0.3, 0.4) is 0 Å². The second kappa shape index (κ2) is 5.64. The molecule has 19 heavy (non-hydrogen) atoms. The van der Waals surface area contributed by atoms with Gasteiger partial charge in [-0.1, -0.05) is 44.4 Å². The Bertz CT molecular complexity index is 512. The number of fused-ring (bicyclic) bond motifs is 1. The Morgan fingerprint density at radius 1 is 1.32 bits per heavy atom. The predicted molar refractivity (Wildman–Crippen MR) is 82.5 cm³/mol. The average molecular weight is 274 g/mol. The molecule has 0 aliphatic heterocycles. The smallest absolute Gasteiger partial charge is 0.0910 e. The Morgan fingerprint density at radius 2 is 2.16 bits per heavy atom. The van der Waals surface area contributed by atoms with E-state index >= 15 is 0 Å². The van der Waals surface area contributed by atoms with Crippen molar-refractivity contribution in [2.45, 2.75) is 45.1 Å². The van der Waals surface area contributed by atoms with E-state index in [-0.39, 0.29) is 6.10 Å². The lowest BCUT2D eigenvalue weighted by Gasteiger charge is -2.31. The quantitative estimate of drug-likeness (QED) is 0.820. The largest absolute Gasteiger partial charge is 0.387 e. The van der Waals surface area contributed by atoms with Crippen molar-refractivity contribution >= 4 is 21.4 Å². The molecule has 3 unspecified atom stereocenters. The van der Waals surface area contributed by atoms with Crippen LogP contribution in [0, 0.1) is 11.8 Å². The predicted octanol–water partition coefficient (Wildman–Crippen LogP) is 5.15. The van der Waals surface area contributed by atoms with E-state index in [2.05, 4.69) is 37.3 Å². The van der Waals surface area contributed by atoms with E-state index in [9.17, 15) is 5.11 Å². The minimum Gasteiger partial charge on any atom is -0.387 e. The maximum atomic E-state index is 10.7. The van der Waals surface area contributed by atoms with Crippen molar-refractivity contribution in [3.05, 3.63) is 35.2 Å². The summed E-state index contributed by atoms with van der Waals surface area (Å²) < 4.78 is 1.29. The summed E-state index contributed by atoms with van der Waals surface area (Å²) in [5.74, 6) is 1.29. The van der Waals surface area contributed by atoms with E-state index in [0.29, 0.717) is 5.92 Å². The lowest BCUT2D eigenvalue weighted by Crippen LogP contribution is -2.20. The zero-order valence-electron chi connectivity index (χ0n) is 11.5. The fourth-order valence-corrected chi connectivity index (χ4v) is 4.52. The summed E-state index contributed by atoms with van der Waals surface area (Å²) in [4.78, 5) is 1.16. The maximum Gasteiger partial charge on any atom is 0.0910 e. The minimum atomic E-state index is -0.258. The molecule has 1 aliphatic rings. The average Bonchev–Trinajstić information content (AvgIpc) is 2.90. The molecule has 0 radical (unpaired) electrons. The SMILES string of the molecule is CCC1CCCC(C(O)c2cc3ccccc3s2)C1. The van der Waals surface area contributed by atoms with Crippen LogP contribution in [0.5, 0.6) is 0 Å². The van der Waals surface area contributed by atoms with Crippen LogP contribution in [0.1, 0.15) is 50.0 Å². The molecule has 1 aromatic heterocycles. The molecule has 2 heteroatoms. The summed E-state index contributed by atoms with van der Waals surface area (Å²) >= 11 is 1.76. The lowest BCUT2D eigenvalue weighted by molar-refractivity contribution is 0.0706. The van der Waals surface area contributed by atoms with Crippen LogP contribution in [0.15, 0.2) is 30.3 Å². The van der Waals surface area contributed by atoms with Crippen molar-refractivity contribution in [3.63, 3.8) is 0 Å². The van der Waals surface area contributed by atoms with E-state index < -0.39 is 0 Å². The first-order valence-electron chi connectivity index (χ1n) is 7.44. The molecule has 0 saturated heterocycles. The number of rotatable bonds is 3. The normalized spacial score (nSPS) is 25.6. The van der Waals surface area contributed by atoms with Crippen LogP contribution in [-0.2, 0) is 0 Å². The van der Waals surface area contributed by atoms with Gasteiger partial charge in [0.2, 0.25) is 0 Å². The Morgan fingerprint density at radius 3 is 2.95 bits per heavy atom. The standard InChI is InChI=1S/C17H22OS/c1-2-12-6-5-8-14(10-12)17(18)16-11-13-7-3-4-9-15(13)19-16/h3-4,7,9,11-12,14,17-18H,2,5-6,8,10H2,1H3. The first kappa shape index (κ1) is 13.1. The van der Waals surface area contributed by atoms with Gasteiger partial charge in [0.05, 0.1) is 6.10 Å². The molecule has 1 aromatic carbocycles. The molecule has 102 valence electrons. The van der Waals surface area contributed by atoms with Gasteiger partial charge in [-0.25, -0.2) is 0 Å². The molecule has 0 amide bonds. The van der Waals surface area contributed by atoms with Crippen molar-refractivity contribution in [3.8, 4) is 0 Å². The molecule has 1 aliphatic carbocycles. The summed E-state index contributed by atoms with van der Waals surface area (Å²) in [6, 6.07) is 10.6. The van der Waals surface area contributed by atoms with Crippen molar-refractivity contribution < 1.29 is 5.11 Å².